The molecule has 0 unspecified atom stereocenters. The summed E-state index contributed by atoms with van der Waals surface area (Å²) >= 11 is 5.85. The highest BCUT2D eigenvalue weighted by Gasteiger charge is 2.27. The maximum Gasteiger partial charge on any atom is 0.277 e. The molecule has 2 aromatic rings. The van der Waals surface area contributed by atoms with Crippen molar-refractivity contribution in [1.29, 1.82) is 0 Å². The van der Waals surface area contributed by atoms with E-state index in [1.807, 2.05) is 12.1 Å². The van der Waals surface area contributed by atoms with Crippen LogP contribution in [0.25, 0.3) is 0 Å². The van der Waals surface area contributed by atoms with Crippen LogP contribution in [0.2, 0.25) is 5.02 Å². The van der Waals surface area contributed by atoms with Gasteiger partial charge in [-0.25, -0.2) is 9.97 Å². The average molecular weight is 414 g/mol. The van der Waals surface area contributed by atoms with Gasteiger partial charge in [-0.2, -0.15) is 0 Å². The molecule has 0 bridgehead atoms. The van der Waals surface area contributed by atoms with E-state index in [0.29, 0.717) is 22.5 Å². The standard InChI is InChI=1S/C22H28ClN5O/c23-17-7-8-20(26-15-17)27-22(29)21-19(6-3-11-24-21)25-14-16-9-12-28(13-10-16)18-4-1-2-5-18/h3,6-8,11,15-16,18,25H,1-2,4-5,9-10,12-14H2,(H,26,27,29). The minimum Gasteiger partial charge on any atom is -0.383 e. The van der Waals surface area contributed by atoms with E-state index in [1.54, 1.807) is 18.3 Å². The van der Waals surface area contributed by atoms with Crippen molar-refractivity contribution in [3.8, 4) is 0 Å². The Hall–Kier alpha value is -2.18. The van der Waals surface area contributed by atoms with Crippen molar-refractivity contribution in [3.05, 3.63) is 47.4 Å². The first-order chi connectivity index (χ1) is 14.2. The van der Waals surface area contributed by atoms with Crippen LogP contribution < -0.4 is 10.6 Å². The topological polar surface area (TPSA) is 70.1 Å². The van der Waals surface area contributed by atoms with Crippen LogP contribution in [0.15, 0.2) is 36.7 Å². The Labute approximate surface area is 177 Å². The molecule has 6 nitrogen and oxygen atoms in total. The summed E-state index contributed by atoms with van der Waals surface area (Å²) in [6, 6.07) is 7.94. The number of carbonyl (C=O) groups is 1. The number of nitrogens with one attached hydrogen (secondary N) is 2. The first-order valence-corrected chi connectivity index (χ1v) is 10.9. The van der Waals surface area contributed by atoms with Gasteiger partial charge in [0.15, 0.2) is 5.69 Å². The quantitative estimate of drug-likeness (QED) is 0.732. The molecule has 1 saturated carbocycles. The van der Waals surface area contributed by atoms with Gasteiger partial charge in [0, 0.05) is 25.0 Å². The summed E-state index contributed by atoms with van der Waals surface area (Å²) in [5.74, 6) is 0.802. The van der Waals surface area contributed by atoms with Crippen molar-refractivity contribution in [2.24, 2.45) is 5.92 Å². The fourth-order valence-corrected chi connectivity index (χ4v) is 4.51. The van der Waals surface area contributed by atoms with Gasteiger partial charge in [-0.3, -0.25) is 4.79 Å². The molecular formula is C22H28ClN5O. The Balaban J connectivity index is 1.31. The van der Waals surface area contributed by atoms with E-state index in [9.17, 15) is 4.79 Å². The lowest BCUT2D eigenvalue weighted by Crippen LogP contribution is -2.41. The van der Waals surface area contributed by atoms with Gasteiger partial charge < -0.3 is 15.5 Å². The Kier molecular flexibility index (Phi) is 6.62. The zero-order valence-electron chi connectivity index (χ0n) is 16.6. The summed E-state index contributed by atoms with van der Waals surface area (Å²) in [5, 5.41) is 6.77. The number of pyridine rings is 2. The second-order valence-electron chi connectivity index (χ2n) is 8.01. The molecule has 0 atom stereocenters. The van der Waals surface area contributed by atoms with Crippen LogP contribution in [-0.2, 0) is 0 Å². The van der Waals surface area contributed by atoms with Crippen molar-refractivity contribution >= 4 is 29.0 Å². The summed E-state index contributed by atoms with van der Waals surface area (Å²) in [5.41, 5.74) is 1.14. The Morgan fingerprint density at radius 1 is 1.10 bits per heavy atom. The molecule has 29 heavy (non-hydrogen) atoms. The number of piperidine rings is 1. The fourth-order valence-electron chi connectivity index (χ4n) is 4.40. The number of carbonyl (C=O) groups excluding carboxylic acids is 1. The van der Waals surface area contributed by atoms with E-state index < -0.39 is 0 Å². The van der Waals surface area contributed by atoms with Crippen LogP contribution in [0.4, 0.5) is 11.5 Å². The second-order valence-corrected chi connectivity index (χ2v) is 8.45. The third kappa shape index (κ3) is 5.25. The number of likely N-dealkylation sites (tertiary alicyclic amines) is 1. The lowest BCUT2D eigenvalue weighted by atomic mass is 9.95. The summed E-state index contributed by atoms with van der Waals surface area (Å²) in [6.07, 6.45) is 11.1. The van der Waals surface area contributed by atoms with Crippen LogP contribution in [-0.4, -0.2) is 46.5 Å². The maximum absolute atomic E-state index is 12.7. The zero-order chi connectivity index (χ0) is 20.1. The molecular weight excluding hydrogens is 386 g/mol. The third-order valence-electron chi connectivity index (χ3n) is 6.06. The van der Waals surface area contributed by atoms with Crippen molar-refractivity contribution in [2.45, 2.75) is 44.6 Å². The first kappa shape index (κ1) is 20.1. The second kappa shape index (κ2) is 9.55. The molecule has 1 amide bonds. The molecule has 0 radical (unpaired) electrons. The van der Waals surface area contributed by atoms with Gasteiger partial charge in [0.25, 0.3) is 5.91 Å². The number of rotatable bonds is 6. The van der Waals surface area contributed by atoms with Gasteiger partial charge in [0.1, 0.15) is 5.82 Å². The minimum atomic E-state index is -0.279. The monoisotopic (exact) mass is 413 g/mol. The van der Waals surface area contributed by atoms with E-state index in [-0.39, 0.29) is 5.91 Å². The minimum absolute atomic E-state index is 0.279. The third-order valence-corrected chi connectivity index (χ3v) is 6.29. The molecule has 1 aliphatic heterocycles. The maximum atomic E-state index is 12.7. The van der Waals surface area contributed by atoms with Crippen LogP contribution in [0.3, 0.4) is 0 Å². The number of aromatic nitrogens is 2. The molecule has 7 heteroatoms. The first-order valence-electron chi connectivity index (χ1n) is 10.5. The molecule has 0 aromatic carbocycles. The van der Waals surface area contributed by atoms with Crippen molar-refractivity contribution in [2.75, 3.05) is 30.3 Å². The lowest BCUT2D eigenvalue weighted by molar-refractivity contribution is 0.102. The lowest BCUT2D eigenvalue weighted by Gasteiger charge is -2.36. The predicted octanol–water partition coefficient (Wildman–Crippen LogP) is 4.45. The normalized spacial score (nSPS) is 18.7. The van der Waals surface area contributed by atoms with E-state index in [2.05, 4.69) is 25.5 Å². The largest absolute Gasteiger partial charge is 0.383 e. The molecule has 1 saturated heterocycles. The van der Waals surface area contributed by atoms with E-state index >= 15 is 0 Å². The summed E-state index contributed by atoms with van der Waals surface area (Å²) < 4.78 is 0. The molecule has 1 aliphatic carbocycles. The molecule has 3 heterocycles. The van der Waals surface area contributed by atoms with Crippen molar-refractivity contribution < 1.29 is 4.79 Å². The smallest absolute Gasteiger partial charge is 0.277 e. The Morgan fingerprint density at radius 3 is 2.62 bits per heavy atom. The molecule has 154 valence electrons. The van der Waals surface area contributed by atoms with Gasteiger partial charge in [0.05, 0.1) is 10.7 Å². The summed E-state index contributed by atoms with van der Waals surface area (Å²) in [7, 11) is 0. The summed E-state index contributed by atoms with van der Waals surface area (Å²) in [6.45, 7) is 3.25. The highest BCUT2D eigenvalue weighted by atomic mass is 35.5. The van der Waals surface area contributed by atoms with Crippen LogP contribution >= 0.6 is 11.6 Å². The molecule has 2 N–H and O–H groups in total. The molecule has 2 aliphatic rings. The van der Waals surface area contributed by atoms with Gasteiger partial charge >= 0.3 is 0 Å². The van der Waals surface area contributed by atoms with Crippen LogP contribution in [0.5, 0.6) is 0 Å². The SMILES string of the molecule is O=C(Nc1ccc(Cl)cn1)c1ncccc1NCC1CCN(C2CCCC2)CC1. The van der Waals surface area contributed by atoms with E-state index in [1.165, 1.54) is 57.8 Å². The molecule has 2 aromatic heterocycles. The number of hydrogen-bond acceptors (Lipinski definition) is 5. The Morgan fingerprint density at radius 2 is 1.90 bits per heavy atom. The predicted molar refractivity (Wildman–Crippen MR) is 116 cm³/mol. The molecule has 4 rings (SSSR count). The van der Waals surface area contributed by atoms with E-state index in [4.69, 9.17) is 11.6 Å². The van der Waals surface area contributed by atoms with Crippen LogP contribution in [0, 0.1) is 5.92 Å². The van der Waals surface area contributed by atoms with Crippen molar-refractivity contribution in [1.82, 2.24) is 14.9 Å². The number of amides is 1. The van der Waals surface area contributed by atoms with Gasteiger partial charge in [-0.1, -0.05) is 24.4 Å². The Bertz CT molecular complexity index is 814. The highest BCUT2D eigenvalue weighted by molar-refractivity contribution is 6.30. The van der Waals surface area contributed by atoms with E-state index in [0.717, 1.165) is 18.3 Å². The number of nitrogens with zero attached hydrogens (tertiary/aromatic N) is 3. The molecule has 2 fully saturated rings. The number of halogens is 1. The number of anilines is 2. The van der Waals surface area contributed by atoms with Gasteiger partial charge in [-0.15, -0.1) is 0 Å². The molecule has 0 spiro atoms. The van der Waals surface area contributed by atoms with Gasteiger partial charge in [0.2, 0.25) is 0 Å². The van der Waals surface area contributed by atoms with Crippen LogP contribution in [0.1, 0.15) is 49.0 Å². The zero-order valence-corrected chi connectivity index (χ0v) is 17.4. The number of hydrogen-bond donors (Lipinski definition) is 2. The van der Waals surface area contributed by atoms with Crippen molar-refractivity contribution in [3.63, 3.8) is 0 Å². The summed E-state index contributed by atoms with van der Waals surface area (Å²) in [4.78, 5) is 23.8. The fraction of sp³-hybridized carbons (Fsp3) is 0.500. The van der Waals surface area contributed by atoms with Gasteiger partial charge in [-0.05, 0) is 69.0 Å². The highest BCUT2D eigenvalue weighted by Crippen LogP contribution is 2.28. The average Bonchev–Trinajstić information content (AvgIpc) is 3.29.